The Hall–Kier alpha value is -3.12. The van der Waals surface area contributed by atoms with Crippen LogP contribution in [0.15, 0.2) is 59.1 Å². The van der Waals surface area contributed by atoms with E-state index in [1.54, 1.807) is 24.4 Å². The number of hydrogen-bond donors (Lipinski definition) is 2. The number of aromatic nitrogens is 1. The van der Waals surface area contributed by atoms with E-state index in [0.29, 0.717) is 28.7 Å². The van der Waals surface area contributed by atoms with Gasteiger partial charge in [-0.2, -0.15) is 0 Å². The van der Waals surface area contributed by atoms with Crippen LogP contribution in [0.25, 0.3) is 11.3 Å². The summed E-state index contributed by atoms with van der Waals surface area (Å²) in [7, 11) is 0. The third-order valence-corrected chi connectivity index (χ3v) is 4.92. The SMILES string of the molecule is CC(C)(C)c1ccc(C(=O)NNC(=O)CCc2ncc(-c3ccccc3Cl)o2)cc1. The van der Waals surface area contributed by atoms with E-state index in [9.17, 15) is 9.59 Å². The molecule has 0 spiro atoms. The molecule has 2 amide bonds. The third-order valence-electron chi connectivity index (χ3n) is 4.59. The molecule has 0 aliphatic heterocycles. The fourth-order valence-electron chi connectivity index (χ4n) is 2.81. The zero-order chi connectivity index (χ0) is 21.7. The van der Waals surface area contributed by atoms with Crippen molar-refractivity contribution in [3.8, 4) is 11.3 Å². The maximum atomic E-state index is 12.2. The van der Waals surface area contributed by atoms with Gasteiger partial charge in [0.15, 0.2) is 11.7 Å². The average Bonchev–Trinajstić information content (AvgIpc) is 3.19. The Morgan fingerprint density at radius 2 is 1.73 bits per heavy atom. The molecule has 0 fully saturated rings. The van der Waals surface area contributed by atoms with E-state index in [2.05, 4.69) is 36.6 Å². The lowest BCUT2D eigenvalue weighted by Crippen LogP contribution is -2.41. The minimum Gasteiger partial charge on any atom is -0.441 e. The Morgan fingerprint density at radius 1 is 1.03 bits per heavy atom. The lowest BCUT2D eigenvalue weighted by atomic mass is 9.87. The molecule has 1 aromatic heterocycles. The first-order valence-electron chi connectivity index (χ1n) is 9.63. The smallest absolute Gasteiger partial charge is 0.269 e. The summed E-state index contributed by atoms with van der Waals surface area (Å²) in [5.41, 5.74) is 7.19. The van der Waals surface area contributed by atoms with Gasteiger partial charge in [0.1, 0.15) is 0 Å². The number of rotatable bonds is 5. The monoisotopic (exact) mass is 425 g/mol. The molecule has 6 nitrogen and oxygen atoms in total. The summed E-state index contributed by atoms with van der Waals surface area (Å²) in [6.45, 7) is 6.31. The standard InChI is InChI=1S/C23H24ClN3O3/c1-23(2,3)16-10-8-15(9-11-16)22(29)27-26-20(28)12-13-21-25-14-19(30-21)17-6-4-5-7-18(17)24/h4-11,14H,12-13H2,1-3H3,(H,26,28)(H,27,29). The number of carbonyl (C=O) groups excluding carboxylic acids is 2. The molecule has 7 heteroatoms. The minimum absolute atomic E-state index is 0.00875. The van der Waals surface area contributed by atoms with Crippen LogP contribution in [-0.2, 0) is 16.6 Å². The Balaban J connectivity index is 1.48. The number of aryl methyl sites for hydroxylation is 1. The predicted octanol–water partition coefficient (Wildman–Crippen LogP) is 4.69. The van der Waals surface area contributed by atoms with Gasteiger partial charge in [-0.25, -0.2) is 4.98 Å². The molecule has 0 aliphatic rings. The summed E-state index contributed by atoms with van der Waals surface area (Å²) in [6, 6.07) is 14.6. The molecule has 0 radical (unpaired) electrons. The highest BCUT2D eigenvalue weighted by Crippen LogP contribution is 2.28. The summed E-state index contributed by atoms with van der Waals surface area (Å²) >= 11 is 6.16. The highest BCUT2D eigenvalue weighted by atomic mass is 35.5. The molecule has 2 aromatic carbocycles. The van der Waals surface area contributed by atoms with Crippen LogP contribution in [-0.4, -0.2) is 16.8 Å². The van der Waals surface area contributed by atoms with Crippen LogP contribution < -0.4 is 10.9 Å². The van der Waals surface area contributed by atoms with E-state index in [-0.39, 0.29) is 23.7 Å². The van der Waals surface area contributed by atoms with Crippen LogP contribution in [0.3, 0.4) is 0 Å². The molecule has 0 saturated carbocycles. The van der Waals surface area contributed by atoms with Crippen LogP contribution in [0.5, 0.6) is 0 Å². The fourth-order valence-corrected chi connectivity index (χ4v) is 3.04. The number of hydrazine groups is 1. The van der Waals surface area contributed by atoms with Gasteiger partial charge < -0.3 is 4.42 Å². The van der Waals surface area contributed by atoms with E-state index in [1.807, 2.05) is 30.3 Å². The van der Waals surface area contributed by atoms with Gasteiger partial charge in [-0.15, -0.1) is 0 Å². The topological polar surface area (TPSA) is 84.2 Å². The van der Waals surface area contributed by atoms with Crippen molar-refractivity contribution in [2.75, 3.05) is 0 Å². The van der Waals surface area contributed by atoms with Crippen molar-refractivity contribution < 1.29 is 14.0 Å². The number of oxazole rings is 1. The summed E-state index contributed by atoms with van der Waals surface area (Å²) < 4.78 is 5.67. The van der Waals surface area contributed by atoms with Crippen LogP contribution in [0.4, 0.5) is 0 Å². The largest absolute Gasteiger partial charge is 0.441 e. The van der Waals surface area contributed by atoms with Gasteiger partial charge in [0.2, 0.25) is 5.91 Å². The first-order valence-corrected chi connectivity index (χ1v) is 10.0. The second-order valence-corrected chi connectivity index (χ2v) is 8.33. The highest BCUT2D eigenvalue weighted by Gasteiger charge is 2.15. The Bertz CT molecular complexity index is 1040. The van der Waals surface area contributed by atoms with Crippen LogP contribution in [0.2, 0.25) is 5.02 Å². The van der Waals surface area contributed by atoms with Crippen molar-refractivity contribution in [3.05, 3.63) is 76.8 Å². The molecule has 0 saturated heterocycles. The lowest BCUT2D eigenvalue weighted by Gasteiger charge is -2.19. The number of hydrogen-bond acceptors (Lipinski definition) is 4. The zero-order valence-corrected chi connectivity index (χ0v) is 17.9. The van der Waals surface area contributed by atoms with Gasteiger partial charge in [0.25, 0.3) is 5.91 Å². The minimum atomic E-state index is -0.374. The molecule has 1 heterocycles. The molecule has 0 unspecified atom stereocenters. The maximum absolute atomic E-state index is 12.2. The van der Waals surface area contributed by atoms with E-state index in [0.717, 1.165) is 11.1 Å². The van der Waals surface area contributed by atoms with Gasteiger partial charge >= 0.3 is 0 Å². The first kappa shape index (κ1) is 21.6. The molecule has 2 N–H and O–H groups in total. The maximum Gasteiger partial charge on any atom is 0.269 e. The fraction of sp³-hybridized carbons (Fsp3) is 0.261. The Labute approximate surface area is 180 Å². The first-order chi connectivity index (χ1) is 14.2. The second-order valence-electron chi connectivity index (χ2n) is 7.93. The number of carbonyl (C=O) groups is 2. The van der Waals surface area contributed by atoms with Gasteiger partial charge in [-0.3, -0.25) is 20.4 Å². The number of nitrogens with one attached hydrogen (secondary N) is 2. The Kier molecular flexibility index (Phi) is 6.57. The second kappa shape index (κ2) is 9.13. The molecule has 30 heavy (non-hydrogen) atoms. The summed E-state index contributed by atoms with van der Waals surface area (Å²) in [5, 5.41) is 0.566. The molecule has 0 bridgehead atoms. The highest BCUT2D eigenvalue weighted by molar-refractivity contribution is 6.33. The van der Waals surface area contributed by atoms with Crippen molar-refractivity contribution in [1.82, 2.24) is 15.8 Å². The zero-order valence-electron chi connectivity index (χ0n) is 17.2. The number of benzene rings is 2. The molecule has 0 atom stereocenters. The normalized spacial score (nSPS) is 11.2. The summed E-state index contributed by atoms with van der Waals surface area (Å²) in [5.74, 6) is 0.250. The van der Waals surface area contributed by atoms with Crippen molar-refractivity contribution in [2.24, 2.45) is 0 Å². The van der Waals surface area contributed by atoms with Gasteiger partial charge in [-0.05, 0) is 35.2 Å². The number of halogens is 1. The number of amides is 2. The van der Waals surface area contributed by atoms with Gasteiger partial charge in [-0.1, -0.05) is 56.6 Å². The summed E-state index contributed by atoms with van der Waals surface area (Å²) in [4.78, 5) is 28.4. The van der Waals surface area contributed by atoms with Crippen molar-refractivity contribution >= 4 is 23.4 Å². The molecule has 156 valence electrons. The van der Waals surface area contributed by atoms with Crippen LogP contribution >= 0.6 is 11.6 Å². The van der Waals surface area contributed by atoms with Gasteiger partial charge in [0, 0.05) is 24.0 Å². The summed E-state index contributed by atoms with van der Waals surface area (Å²) in [6.07, 6.45) is 2.00. The molecule has 3 aromatic rings. The van der Waals surface area contributed by atoms with Crippen molar-refractivity contribution in [1.29, 1.82) is 0 Å². The molecule has 3 rings (SSSR count). The predicted molar refractivity (Wildman–Crippen MR) is 116 cm³/mol. The average molecular weight is 426 g/mol. The van der Waals surface area contributed by atoms with Gasteiger partial charge in [0.05, 0.1) is 11.2 Å². The van der Waals surface area contributed by atoms with Crippen molar-refractivity contribution in [3.63, 3.8) is 0 Å². The van der Waals surface area contributed by atoms with E-state index in [4.69, 9.17) is 16.0 Å². The third kappa shape index (κ3) is 5.48. The van der Waals surface area contributed by atoms with E-state index >= 15 is 0 Å². The van der Waals surface area contributed by atoms with Crippen LogP contribution in [0.1, 0.15) is 49.0 Å². The van der Waals surface area contributed by atoms with Crippen LogP contribution in [0, 0.1) is 0 Å². The lowest BCUT2D eigenvalue weighted by molar-refractivity contribution is -0.121. The number of nitrogens with zero attached hydrogens (tertiary/aromatic N) is 1. The van der Waals surface area contributed by atoms with E-state index < -0.39 is 0 Å². The van der Waals surface area contributed by atoms with E-state index in [1.165, 1.54) is 0 Å². The molecular formula is C23H24ClN3O3. The quantitative estimate of drug-likeness (QED) is 0.581. The molecular weight excluding hydrogens is 402 g/mol. The molecule has 0 aliphatic carbocycles. The Morgan fingerprint density at radius 3 is 2.40 bits per heavy atom. The van der Waals surface area contributed by atoms with Crippen molar-refractivity contribution in [2.45, 2.75) is 39.0 Å².